The van der Waals surface area contributed by atoms with Gasteiger partial charge < -0.3 is 21.4 Å². The highest BCUT2D eigenvalue weighted by atomic mass is 35.5. The zero-order valence-corrected chi connectivity index (χ0v) is 23.7. The van der Waals surface area contributed by atoms with Crippen molar-refractivity contribution in [3.63, 3.8) is 0 Å². The van der Waals surface area contributed by atoms with Crippen LogP contribution in [0.25, 0.3) is 10.9 Å². The lowest BCUT2D eigenvalue weighted by Gasteiger charge is -2.22. The standard InChI is InChI=1S/C29H24Cl3FN8/c30-18-3-1-16(2-4-18)28(26-15-41(40-39-26)21-7-8-35-14-21)38-20-9-22-27(37-19-5-6-25(33)23(31)10-19)17(12-34)13-36-29(22)24(32)11-20/h1-6,9-11,13,15,21,28,35,38-40H,7-8,14H2,(H,36,37). The number of anilines is 3. The number of rotatable bonds is 7. The van der Waals surface area contributed by atoms with Crippen LogP contribution >= 0.6 is 34.8 Å². The monoisotopic (exact) mass is 608 g/mol. The van der Waals surface area contributed by atoms with Crippen LogP contribution < -0.4 is 26.9 Å². The zero-order chi connectivity index (χ0) is 28.5. The van der Waals surface area contributed by atoms with Crippen LogP contribution in [0, 0.1) is 17.1 Å². The minimum absolute atomic E-state index is 0.0357. The van der Waals surface area contributed by atoms with Gasteiger partial charge in [-0.3, -0.25) is 9.99 Å². The molecule has 0 amide bonds. The molecule has 0 spiro atoms. The van der Waals surface area contributed by atoms with Gasteiger partial charge in [0.1, 0.15) is 11.9 Å². The van der Waals surface area contributed by atoms with E-state index in [9.17, 15) is 9.65 Å². The Bertz CT molecular complexity index is 1680. The van der Waals surface area contributed by atoms with E-state index in [2.05, 4.69) is 49.2 Å². The van der Waals surface area contributed by atoms with E-state index in [1.165, 1.54) is 18.3 Å². The van der Waals surface area contributed by atoms with Crippen molar-refractivity contribution in [2.75, 3.05) is 23.7 Å². The van der Waals surface area contributed by atoms with Gasteiger partial charge in [-0.2, -0.15) is 5.26 Å². The molecule has 3 aromatic carbocycles. The van der Waals surface area contributed by atoms with E-state index >= 15 is 0 Å². The Labute approximate surface area is 251 Å². The minimum atomic E-state index is -0.535. The number of aromatic nitrogens is 1. The summed E-state index contributed by atoms with van der Waals surface area (Å²) in [5, 5.41) is 23.7. The fourth-order valence-electron chi connectivity index (χ4n) is 5.01. The van der Waals surface area contributed by atoms with Crippen molar-refractivity contribution in [2.45, 2.75) is 18.5 Å². The third-order valence-electron chi connectivity index (χ3n) is 7.09. The maximum atomic E-state index is 13.8. The van der Waals surface area contributed by atoms with Crippen molar-refractivity contribution in [1.29, 1.82) is 5.26 Å². The van der Waals surface area contributed by atoms with Crippen molar-refractivity contribution in [3.05, 3.63) is 105 Å². The van der Waals surface area contributed by atoms with Gasteiger partial charge in [-0.05, 0) is 61.0 Å². The lowest BCUT2D eigenvalue weighted by molar-refractivity contribution is 0.207. The number of hydrazine groups is 2. The van der Waals surface area contributed by atoms with Crippen molar-refractivity contribution in [2.24, 2.45) is 0 Å². The maximum Gasteiger partial charge on any atom is 0.141 e. The van der Waals surface area contributed by atoms with Crippen LogP contribution in [-0.2, 0) is 0 Å². The first kappa shape index (κ1) is 27.4. The molecule has 4 aromatic rings. The van der Waals surface area contributed by atoms with E-state index in [1.807, 2.05) is 30.3 Å². The summed E-state index contributed by atoms with van der Waals surface area (Å²) < 4.78 is 13.8. The number of halogens is 4. The van der Waals surface area contributed by atoms with E-state index in [4.69, 9.17) is 34.8 Å². The highest BCUT2D eigenvalue weighted by Gasteiger charge is 2.28. The van der Waals surface area contributed by atoms with Gasteiger partial charge in [0.25, 0.3) is 0 Å². The van der Waals surface area contributed by atoms with E-state index < -0.39 is 5.82 Å². The highest BCUT2D eigenvalue weighted by molar-refractivity contribution is 6.36. The predicted molar refractivity (Wildman–Crippen MR) is 161 cm³/mol. The predicted octanol–water partition coefficient (Wildman–Crippen LogP) is 6.63. The zero-order valence-electron chi connectivity index (χ0n) is 21.5. The van der Waals surface area contributed by atoms with Gasteiger partial charge in [0, 0.05) is 40.7 Å². The van der Waals surface area contributed by atoms with Crippen molar-refractivity contribution in [1.82, 2.24) is 26.3 Å². The van der Waals surface area contributed by atoms with Gasteiger partial charge in [-0.15, -0.1) is 5.53 Å². The number of benzene rings is 3. The molecule has 1 aromatic heterocycles. The molecular formula is C29H24Cl3FN8. The Morgan fingerprint density at radius 2 is 1.85 bits per heavy atom. The number of nitrogens with one attached hydrogen (secondary N) is 5. The lowest BCUT2D eigenvalue weighted by Crippen LogP contribution is -2.44. The van der Waals surface area contributed by atoms with Crippen LogP contribution in [0.2, 0.25) is 15.1 Å². The molecule has 208 valence electrons. The topological polar surface area (TPSA) is 100 Å². The molecule has 41 heavy (non-hydrogen) atoms. The summed E-state index contributed by atoms with van der Waals surface area (Å²) in [5.74, 6) is -0.535. The first-order valence-electron chi connectivity index (χ1n) is 12.9. The summed E-state index contributed by atoms with van der Waals surface area (Å²) in [7, 11) is 0. The van der Waals surface area contributed by atoms with Gasteiger partial charge in [-0.1, -0.05) is 46.9 Å². The second-order valence-corrected chi connectivity index (χ2v) is 11.0. The number of nitriles is 1. The molecule has 3 heterocycles. The normalized spacial score (nSPS) is 17.2. The molecule has 2 aliphatic heterocycles. The summed E-state index contributed by atoms with van der Waals surface area (Å²) >= 11 is 18.9. The number of hydrogen-bond acceptors (Lipinski definition) is 8. The molecule has 0 saturated carbocycles. The Morgan fingerprint density at radius 3 is 2.59 bits per heavy atom. The van der Waals surface area contributed by atoms with Gasteiger partial charge in [0.15, 0.2) is 0 Å². The minimum Gasteiger partial charge on any atom is -0.373 e. The molecule has 2 aliphatic rings. The second-order valence-electron chi connectivity index (χ2n) is 9.77. The highest BCUT2D eigenvalue weighted by Crippen LogP contribution is 2.37. The molecule has 12 heteroatoms. The molecule has 0 aliphatic carbocycles. The van der Waals surface area contributed by atoms with E-state index in [0.717, 1.165) is 30.8 Å². The second kappa shape index (κ2) is 11.6. The molecule has 8 nitrogen and oxygen atoms in total. The molecule has 1 saturated heterocycles. The van der Waals surface area contributed by atoms with Gasteiger partial charge in [-0.25, -0.2) is 4.39 Å². The Kier molecular flexibility index (Phi) is 7.75. The first-order valence-corrected chi connectivity index (χ1v) is 14.0. The van der Waals surface area contributed by atoms with E-state index in [0.29, 0.717) is 49.6 Å². The van der Waals surface area contributed by atoms with Gasteiger partial charge >= 0.3 is 0 Å². The molecule has 0 bridgehead atoms. The molecule has 6 rings (SSSR count). The fraction of sp³-hybridized carbons (Fsp3) is 0.172. The Balaban J connectivity index is 1.40. The Morgan fingerprint density at radius 1 is 1.05 bits per heavy atom. The van der Waals surface area contributed by atoms with Gasteiger partial charge in [0.05, 0.1) is 44.6 Å². The third kappa shape index (κ3) is 5.71. The molecule has 2 unspecified atom stereocenters. The van der Waals surface area contributed by atoms with Gasteiger partial charge in [0.2, 0.25) is 0 Å². The van der Waals surface area contributed by atoms with Crippen LogP contribution in [0.1, 0.15) is 23.6 Å². The summed E-state index contributed by atoms with van der Waals surface area (Å²) in [6.07, 6.45) is 4.55. The van der Waals surface area contributed by atoms with Crippen LogP contribution in [0.5, 0.6) is 0 Å². The number of fused-ring (bicyclic) bond motifs is 1. The average molecular weight is 610 g/mol. The Hall–Kier alpha value is -3.78. The van der Waals surface area contributed by atoms with Crippen molar-refractivity contribution >= 4 is 62.8 Å². The number of nitrogens with zero attached hydrogens (tertiary/aromatic N) is 3. The third-order valence-corrected chi connectivity index (χ3v) is 7.92. The lowest BCUT2D eigenvalue weighted by atomic mass is 10.0. The maximum absolute atomic E-state index is 13.8. The average Bonchev–Trinajstić information content (AvgIpc) is 3.67. The molecule has 1 fully saturated rings. The SMILES string of the molecule is N#Cc1cnc2c(Cl)cc(NC(C3=CN(C4CCNC4)NN3)c3ccc(Cl)cc3)cc2c1Nc1ccc(F)c(Cl)c1. The first-order chi connectivity index (χ1) is 19.9. The summed E-state index contributed by atoms with van der Waals surface area (Å²) in [6, 6.07) is 17.8. The quantitative estimate of drug-likeness (QED) is 0.159. The largest absolute Gasteiger partial charge is 0.373 e. The summed E-state index contributed by atoms with van der Waals surface area (Å²) in [6.45, 7) is 1.86. The summed E-state index contributed by atoms with van der Waals surface area (Å²) in [5.41, 5.74) is 10.9. The molecular weight excluding hydrogens is 586 g/mol. The molecule has 5 N–H and O–H groups in total. The number of pyridine rings is 1. The van der Waals surface area contributed by atoms with Crippen LogP contribution in [0.15, 0.2) is 72.7 Å². The molecule has 2 atom stereocenters. The number of hydrogen-bond donors (Lipinski definition) is 5. The van der Waals surface area contributed by atoms with E-state index in [-0.39, 0.29) is 11.1 Å². The molecule has 0 radical (unpaired) electrons. The van der Waals surface area contributed by atoms with Crippen LogP contribution in [-0.4, -0.2) is 29.1 Å². The smallest absolute Gasteiger partial charge is 0.141 e. The van der Waals surface area contributed by atoms with Crippen molar-refractivity contribution < 1.29 is 4.39 Å². The van der Waals surface area contributed by atoms with Crippen LogP contribution in [0.3, 0.4) is 0 Å². The van der Waals surface area contributed by atoms with Crippen molar-refractivity contribution in [3.8, 4) is 6.07 Å². The fourth-order valence-corrected chi connectivity index (χ4v) is 5.58. The van der Waals surface area contributed by atoms with Crippen LogP contribution in [0.4, 0.5) is 21.5 Å². The summed E-state index contributed by atoms with van der Waals surface area (Å²) in [4.78, 5) is 4.44. The van der Waals surface area contributed by atoms with E-state index in [1.54, 1.807) is 12.1 Å².